The van der Waals surface area contributed by atoms with Crippen LogP contribution in [0.4, 0.5) is 4.79 Å². The maximum atomic E-state index is 12.6. The molecule has 0 unspecified atom stereocenters. The number of carboxylic acids is 1. The van der Waals surface area contributed by atoms with E-state index in [0.717, 1.165) is 5.56 Å². The van der Waals surface area contributed by atoms with Crippen molar-refractivity contribution in [2.24, 2.45) is 11.8 Å². The van der Waals surface area contributed by atoms with Gasteiger partial charge in [-0.25, -0.2) is 9.59 Å². The molecule has 1 aromatic rings. The lowest BCUT2D eigenvalue weighted by atomic mass is 9.97. The van der Waals surface area contributed by atoms with Crippen LogP contribution < -0.4 is 10.6 Å². The molecular weight excluding hydrogens is 348 g/mol. The van der Waals surface area contributed by atoms with Gasteiger partial charge in [-0.1, -0.05) is 64.4 Å². The van der Waals surface area contributed by atoms with Gasteiger partial charge in [-0.3, -0.25) is 4.79 Å². The molecule has 7 nitrogen and oxygen atoms in total. The molecule has 0 bridgehead atoms. The third-order valence-electron chi connectivity index (χ3n) is 4.31. The number of carboxylic acid groups (broad SMARTS) is 1. The molecule has 0 heterocycles. The highest BCUT2D eigenvalue weighted by Gasteiger charge is 2.30. The van der Waals surface area contributed by atoms with Crippen LogP contribution in [-0.4, -0.2) is 35.2 Å². The van der Waals surface area contributed by atoms with Crippen LogP contribution in [0.2, 0.25) is 0 Å². The topological polar surface area (TPSA) is 105 Å². The Morgan fingerprint density at radius 3 is 2.22 bits per heavy atom. The largest absolute Gasteiger partial charge is 0.480 e. The van der Waals surface area contributed by atoms with Crippen LogP contribution in [0.1, 0.15) is 46.1 Å². The molecule has 0 aromatic heterocycles. The number of rotatable bonds is 10. The van der Waals surface area contributed by atoms with E-state index in [0.29, 0.717) is 12.8 Å². The first-order chi connectivity index (χ1) is 12.7. The van der Waals surface area contributed by atoms with E-state index in [1.807, 2.05) is 51.1 Å². The molecule has 0 aliphatic rings. The standard InChI is InChI=1S/C20H30N2O5/c1-5-14(4)17(19(24)25)22-18(23)16(11-13(2)3)21-20(26)27-12-15-9-7-6-8-10-15/h6-10,13-14,16-17H,5,11-12H2,1-4H3,(H,21,26)(H,22,23)(H,24,25)/t14-,16-,17-/m0/s1. The fourth-order valence-electron chi connectivity index (χ4n) is 2.55. The minimum Gasteiger partial charge on any atom is -0.480 e. The van der Waals surface area contributed by atoms with Crippen molar-refractivity contribution in [3.8, 4) is 0 Å². The number of ether oxygens (including phenoxy) is 1. The fraction of sp³-hybridized carbons (Fsp3) is 0.550. The molecule has 1 aromatic carbocycles. The van der Waals surface area contributed by atoms with Crippen LogP contribution in [0.25, 0.3) is 0 Å². The molecule has 27 heavy (non-hydrogen) atoms. The summed E-state index contributed by atoms with van der Waals surface area (Å²) in [6, 6.07) is 7.34. The third-order valence-corrected chi connectivity index (χ3v) is 4.31. The summed E-state index contributed by atoms with van der Waals surface area (Å²) < 4.78 is 5.16. The monoisotopic (exact) mass is 378 g/mol. The molecule has 0 spiro atoms. The van der Waals surface area contributed by atoms with Gasteiger partial charge in [-0.05, 0) is 23.8 Å². The lowest BCUT2D eigenvalue weighted by Crippen LogP contribution is -2.53. The highest BCUT2D eigenvalue weighted by atomic mass is 16.5. The molecule has 0 aliphatic heterocycles. The van der Waals surface area contributed by atoms with Crippen molar-refractivity contribution in [1.82, 2.24) is 10.6 Å². The fourth-order valence-corrected chi connectivity index (χ4v) is 2.55. The number of hydrogen-bond donors (Lipinski definition) is 3. The normalized spacial score (nSPS) is 14.1. The summed E-state index contributed by atoms with van der Waals surface area (Å²) in [7, 11) is 0. The molecule has 2 amide bonds. The minimum atomic E-state index is -1.09. The van der Waals surface area contributed by atoms with E-state index in [-0.39, 0.29) is 18.4 Å². The number of alkyl carbamates (subject to hydrolysis) is 1. The van der Waals surface area contributed by atoms with Crippen molar-refractivity contribution >= 4 is 18.0 Å². The maximum absolute atomic E-state index is 12.6. The molecule has 1 rings (SSSR count). The van der Waals surface area contributed by atoms with Crippen molar-refractivity contribution in [2.75, 3.05) is 0 Å². The van der Waals surface area contributed by atoms with Gasteiger partial charge in [0.25, 0.3) is 0 Å². The summed E-state index contributed by atoms with van der Waals surface area (Å²) in [6.45, 7) is 7.55. The number of hydrogen-bond acceptors (Lipinski definition) is 4. The second-order valence-electron chi connectivity index (χ2n) is 7.10. The lowest BCUT2D eigenvalue weighted by Gasteiger charge is -2.25. The Morgan fingerprint density at radius 1 is 1.07 bits per heavy atom. The molecule has 7 heteroatoms. The number of amides is 2. The van der Waals surface area contributed by atoms with Gasteiger partial charge in [0, 0.05) is 0 Å². The quantitative estimate of drug-likeness (QED) is 0.581. The zero-order chi connectivity index (χ0) is 20.4. The first-order valence-electron chi connectivity index (χ1n) is 9.24. The average molecular weight is 378 g/mol. The predicted octanol–water partition coefficient (Wildman–Crippen LogP) is 2.94. The molecular formula is C20H30N2O5. The zero-order valence-corrected chi connectivity index (χ0v) is 16.4. The molecule has 3 atom stereocenters. The Balaban J connectivity index is 2.71. The first-order valence-corrected chi connectivity index (χ1v) is 9.24. The smallest absolute Gasteiger partial charge is 0.408 e. The molecule has 0 saturated carbocycles. The lowest BCUT2D eigenvalue weighted by molar-refractivity contribution is -0.143. The highest BCUT2D eigenvalue weighted by Crippen LogP contribution is 2.11. The first kappa shape index (κ1) is 22.5. The van der Waals surface area contributed by atoms with Gasteiger partial charge in [0.2, 0.25) is 5.91 Å². The van der Waals surface area contributed by atoms with E-state index in [4.69, 9.17) is 4.74 Å². The molecule has 150 valence electrons. The summed E-state index contributed by atoms with van der Waals surface area (Å²) in [5, 5.41) is 14.4. The SMILES string of the molecule is CC[C@H](C)[C@H](NC(=O)[C@H](CC(C)C)NC(=O)OCc1ccccc1)C(=O)O. The minimum absolute atomic E-state index is 0.0906. The summed E-state index contributed by atoms with van der Waals surface area (Å²) in [6.07, 6.45) is 0.271. The van der Waals surface area contributed by atoms with Gasteiger partial charge in [0.15, 0.2) is 0 Å². The van der Waals surface area contributed by atoms with Crippen molar-refractivity contribution < 1.29 is 24.2 Å². The zero-order valence-electron chi connectivity index (χ0n) is 16.4. The van der Waals surface area contributed by atoms with Gasteiger partial charge >= 0.3 is 12.1 Å². The van der Waals surface area contributed by atoms with E-state index in [2.05, 4.69) is 10.6 Å². The predicted molar refractivity (Wildman–Crippen MR) is 102 cm³/mol. The maximum Gasteiger partial charge on any atom is 0.408 e. The van der Waals surface area contributed by atoms with E-state index in [1.165, 1.54) is 0 Å². The highest BCUT2D eigenvalue weighted by molar-refractivity contribution is 5.89. The van der Waals surface area contributed by atoms with E-state index in [9.17, 15) is 19.5 Å². The number of carbonyl (C=O) groups is 3. The van der Waals surface area contributed by atoms with Gasteiger partial charge in [-0.2, -0.15) is 0 Å². The summed E-state index contributed by atoms with van der Waals surface area (Å²) in [5.41, 5.74) is 0.834. The van der Waals surface area contributed by atoms with Crippen LogP contribution in [0.15, 0.2) is 30.3 Å². The van der Waals surface area contributed by atoms with Gasteiger partial charge in [0.1, 0.15) is 18.7 Å². The Labute approximate surface area is 160 Å². The van der Waals surface area contributed by atoms with E-state index >= 15 is 0 Å². The molecule has 3 N–H and O–H groups in total. The van der Waals surface area contributed by atoms with E-state index in [1.54, 1.807) is 6.92 Å². The molecule has 0 aliphatic carbocycles. The summed E-state index contributed by atoms with van der Waals surface area (Å²) in [4.78, 5) is 36.1. The van der Waals surface area contributed by atoms with Crippen LogP contribution in [0.3, 0.4) is 0 Å². The number of nitrogens with one attached hydrogen (secondary N) is 2. The van der Waals surface area contributed by atoms with Crippen LogP contribution in [0.5, 0.6) is 0 Å². The van der Waals surface area contributed by atoms with Crippen molar-refractivity contribution in [1.29, 1.82) is 0 Å². The van der Waals surface area contributed by atoms with Gasteiger partial charge < -0.3 is 20.5 Å². The van der Waals surface area contributed by atoms with Crippen LogP contribution in [-0.2, 0) is 20.9 Å². The van der Waals surface area contributed by atoms with Gasteiger partial charge in [0.05, 0.1) is 0 Å². The summed E-state index contributed by atoms with van der Waals surface area (Å²) in [5.74, 6) is -1.71. The molecule has 0 saturated heterocycles. The number of carbonyl (C=O) groups excluding carboxylic acids is 2. The average Bonchev–Trinajstić information content (AvgIpc) is 2.63. The second-order valence-corrected chi connectivity index (χ2v) is 7.10. The Kier molecular flexibility index (Phi) is 9.33. The molecule has 0 radical (unpaired) electrons. The van der Waals surface area contributed by atoms with Gasteiger partial charge in [-0.15, -0.1) is 0 Å². The van der Waals surface area contributed by atoms with Crippen molar-refractivity contribution in [3.63, 3.8) is 0 Å². The molecule has 0 fully saturated rings. The van der Waals surface area contributed by atoms with Crippen molar-refractivity contribution in [3.05, 3.63) is 35.9 Å². The Bertz CT molecular complexity index is 618. The Hall–Kier alpha value is -2.57. The van der Waals surface area contributed by atoms with Crippen LogP contribution >= 0.6 is 0 Å². The van der Waals surface area contributed by atoms with Crippen molar-refractivity contribution in [2.45, 2.75) is 59.2 Å². The number of benzene rings is 1. The van der Waals surface area contributed by atoms with Crippen LogP contribution in [0, 0.1) is 11.8 Å². The third kappa shape index (κ3) is 8.11. The van der Waals surface area contributed by atoms with E-state index < -0.39 is 30.1 Å². The second kappa shape index (κ2) is 11.2. The summed E-state index contributed by atoms with van der Waals surface area (Å²) >= 11 is 0. The number of aliphatic carboxylic acids is 1. The Morgan fingerprint density at radius 2 is 1.70 bits per heavy atom.